The van der Waals surface area contributed by atoms with Crippen molar-refractivity contribution in [3.63, 3.8) is 0 Å². The molecule has 4 aliphatic rings. The summed E-state index contributed by atoms with van der Waals surface area (Å²) in [6.07, 6.45) is 10.9. The van der Waals surface area contributed by atoms with Gasteiger partial charge in [-0.2, -0.15) is 0 Å². The number of aliphatic hydroxyl groups is 2. The number of nitrogens with zero attached hydrogens (tertiary/aromatic N) is 1. The summed E-state index contributed by atoms with van der Waals surface area (Å²) in [5, 5.41) is 19.9. The van der Waals surface area contributed by atoms with E-state index in [-0.39, 0.29) is 48.1 Å². The zero-order chi connectivity index (χ0) is 31.1. The van der Waals surface area contributed by atoms with Crippen LogP contribution < -0.4 is 0 Å². The second kappa shape index (κ2) is 15.1. The van der Waals surface area contributed by atoms with Gasteiger partial charge in [0.15, 0.2) is 11.6 Å². The number of epoxide rings is 1. The van der Waals surface area contributed by atoms with E-state index < -0.39 is 36.6 Å². The topological polar surface area (TPSA) is 135 Å². The zero-order valence-electron chi connectivity index (χ0n) is 26.0. The summed E-state index contributed by atoms with van der Waals surface area (Å²) in [6, 6.07) is 0. The molecule has 43 heavy (non-hydrogen) atoms. The molecule has 0 aromatic carbocycles. The molecule has 4 fully saturated rings. The number of ether oxygens (including phenoxy) is 4. The molecule has 9 atom stereocenters. The van der Waals surface area contributed by atoms with Crippen LogP contribution in [0.5, 0.6) is 0 Å². The average molecular weight is 604 g/mol. The van der Waals surface area contributed by atoms with Crippen LogP contribution in [0.3, 0.4) is 0 Å². The second-order valence-corrected chi connectivity index (χ2v) is 12.8. The molecule has 0 radical (unpaired) electrons. The van der Waals surface area contributed by atoms with Crippen LogP contribution in [-0.4, -0.2) is 101 Å². The Hall–Kier alpha value is -2.37. The van der Waals surface area contributed by atoms with Crippen LogP contribution in [-0.2, 0) is 28.5 Å². The number of allylic oxidation sites excluding steroid dienone is 3. The largest absolute Gasteiger partial charge is 0.442 e. The molecule has 2 N–H and O–H groups in total. The third-order valence-electron chi connectivity index (χ3n) is 9.17. The maximum atomic E-state index is 12.7. The van der Waals surface area contributed by atoms with E-state index in [1.807, 2.05) is 26.0 Å². The van der Waals surface area contributed by atoms with Gasteiger partial charge in [0.25, 0.3) is 0 Å². The normalized spacial score (nSPS) is 35.5. The van der Waals surface area contributed by atoms with E-state index in [2.05, 4.69) is 13.0 Å². The van der Waals surface area contributed by atoms with Crippen LogP contribution in [0.4, 0.5) is 4.79 Å². The fourth-order valence-corrected chi connectivity index (χ4v) is 6.36. The molecule has 1 amide bonds. The lowest BCUT2D eigenvalue weighted by molar-refractivity contribution is -0.145. The van der Waals surface area contributed by atoms with Gasteiger partial charge in [-0.15, -0.1) is 0 Å². The molecule has 10 heteroatoms. The van der Waals surface area contributed by atoms with Crippen LogP contribution in [0, 0.1) is 11.8 Å². The molecule has 1 spiro atoms. The third-order valence-corrected chi connectivity index (χ3v) is 9.17. The fourth-order valence-electron chi connectivity index (χ4n) is 6.36. The summed E-state index contributed by atoms with van der Waals surface area (Å²) < 4.78 is 23.3. The van der Waals surface area contributed by atoms with E-state index in [9.17, 15) is 19.5 Å². The van der Waals surface area contributed by atoms with Gasteiger partial charge in [0.2, 0.25) is 0 Å². The number of carbonyl (C=O) groups is 3. The van der Waals surface area contributed by atoms with Crippen molar-refractivity contribution in [3.8, 4) is 0 Å². The van der Waals surface area contributed by atoms with Crippen molar-refractivity contribution >= 4 is 17.7 Å². The second-order valence-electron chi connectivity index (χ2n) is 12.8. The first-order chi connectivity index (χ1) is 20.5. The first kappa shape index (κ1) is 33.5. The van der Waals surface area contributed by atoms with E-state index in [4.69, 9.17) is 24.1 Å². The third kappa shape index (κ3) is 9.31. The highest BCUT2D eigenvalue weighted by atomic mass is 16.6. The van der Waals surface area contributed by atoms with E-state index in [1.165, 1.54) is 6.08 Å². The number of aliphatic hydroxyl groups excluding tert-OH is 2. The molecule has 240 valence electrons. The van der Waals surface area contributed by atoms with Crippen molar-refractivity contribution in [2.24, 2.45) is 11.8 Å². The summed E-state index contributed by atoms with van der Waals surface area (Å²) in [7, 11) is 0. The van der Waals surface area contributed by atoms with Crippen molar-refractivity contribution in [2.75, 3.05) is 26.3 Å². The SMILES string of the molecule is CC(/C=C/C1O[C@@H](CC(=O)CO)C[C@@]2(CO2)[C@@H]1O)=C\C[C@@H]1O[C@H](C)[C@H](CC(=O)/C=C\[C@H](C)OC(=O)N2CCCC2)C[C@@H]1C. The standard InChI is InChI=1S/C33H49NO9/c1-21(8-12-30-31(38)33(20-40-33)18-28(43-30)17-27(37)19-35)7-11-29-22(2)15-25(24(4)42-29)16-26(36)10-9-23(3)41-32(39)34-13-5-6-14-34/h7-10,12,22-25,28-31,35,38H,5-6,11,13-20H2,1-4H3/b10-9-,12-8+,21-7+/t22-,23-,24+,25-,28-,29-,30?,31+,33+/m0/s1. The smallest absolute Gasteiger partial charge is 0.410 e. The number of rotatable bonds is 12. The van der Waals surface area contributed by atoms with Crippen LogP contribution in [0.2, 0.25) is 0 Å². The lowest BCUT2D eigenvalue weighted by Crippen LogP contribution is -2.50. The number of amides is 1. The van der Waals surface area contributed by atoms with Gasteiger partial charge < -0.3 is 34.1 Å². The van der Waals surface area contributed by atoms with E-state index in [0.29, 0.717) is 19.4 Å². The Morgan fingerprint density at radius 2 is 1.84 bits per heavy atom. The van der Waals surface area contributed by atoms with Gasteiger partial charge in [-0.3, -0.25) is 9.59 Å². The highest BCUT2D eigenvalue weighted by molar-refractivity contribution is 5.90. The Kier molecular flexibility index (Phi) is 11.8. The zero-order valence-corrected chi connectivity index (χ0v) is 26.0. The van der Waals surface area contributed by atoms with Gasteiger partial charge in [-0.1, -0.05) is 30.7 Å². The number of Topliss-reactive ketones (excluding diaryl/α,β-unsaturated/α-hetero) is 1. The van der Waals surface area contributed by atoms with Crippen LogP contribution >= 0.6 is 0 Å². The van der Waals surface area contributed by atoms with Gasteiger partial charge in [0, 0.05) is 32.4 Å². The molecular weight excluding hydrogens is 554 g/mol. The summed E-state index contributed by atoms with van der Waals surface area (Å²) in [5.74, 6) is 0.0968. The minimum Gasteiger partial charge on any atom is -0.442 e. The summed E-state index contributed by atoms with van der Waals surface area (Å²) in [4.78, 5) is 38.3. The molecule has 1 unspecified atom stereocenters. The summed E-state index contributed by atoms with van der Waals surface area (Å²) in [6.45, 7) is 9.29. The quantitative estimate of drug-likeness (QED) is 0.195. The van der Waals surface area contributed by atoms with Crippen molar-refractivity contribution in [1.82, 2.24) is 4.90 Å². The molecule has 4 heterocycles. The van der Waals surface area contributed by atoms with Crippen molar-refractivity contribution in [1.29, 1.82) is 0 Å². The molecule has 4 aliphatic heterocycles. The molecule has 4 saturated heterocycles. The van der Waals surface area contributed by atoms with Gasteiger partial charge in [0.1, 0.15) is 30.5 Å². The summed E-state index contributed by atoms with van der Waals surface area (Å²) >= 11 is 0. The molecule has 0 saturated carbocycles. The first-order valence-electron chi connectivity index (χ1n) is 15.8. The van der Waals surface area contributed by atoms with Crippen molar-refractivity contribution in [2.45, 2.75) is 115 Å². The highest BCUT2D eigenvalue weighted by Crippen LogP contribution is 2.43. The van der Waals surface area contributed by atoms with E-state index >= 15 is 0 Å². The Morgan fingerprint density at radius 1 is 1.12 bits per heavy atom. The van der Waals surface area contributed by atoms with Gasteiger partial charge >= 0.3 is 6.09 Å². The molecule has 0 aromatic rings. The van der Waals surface area contributed by atoms with Crippen LogP contribution in [0.25, 0.3) is 0 Å². The minimum atomic E-state index is -0.817. The molecule has 0 aromatic heterocycles. The Bertz CT molecular complexity index is 1070. The first-order valence-corrected chi connectivity index (χ1v) is 15.8. The molecule has 0 aliphatic carbocycles. The average Bonchev–Trinajstić information content (AvgIpc) is 3.51. The number of likely N-dealkylation sites (tertiary alicyclic amines) is 1. The van der Waals surface area contributed by atoms with Gasteiger partial charge in [-0.25, -0.2) is 4.79 Å². The van der Waals surface area contributed by atoms with Crippen molar-refractivity contribution < 1.29 is 43.5 Å². The Morgan fingerprint density at radius 3 is 2.51 bits per heavy atom. The van der Waals surface area contributed by atoms with Crippen molar-refractivity contribution in [3.05, 3.63) is 36.0 Å². The van der Waals surface area contributed by atoms with E-state index in [0.717, 1.165) is 44.3 Å². The Balaban J connectivity index is 1.22. The van der Waals surface area contributed by atoms with Crippen LogP contribution in [0.1, 0.15) is 72.6 Å². The van der Waals surface area contributed by atoms with Gasteiger partial charge in [0.05, 0.1) is 24.9 Å². The molecular formula is C33H49NO9. The number of hydrogen-bond donors (Lipinski definition) is 2. The predicted molar refractivity (Wildman–Crippen MR) is 159 cm³/mol. The maximum Gasteiger partial charge on any atom is 0.410 e. The van der Waals surface area contributed by atoms with E-state index in [1.54, 1.807) is 17.9 Å². The maximum absolute atomic E-state index is 12.7. The Labute approximate surface area is 255 Å². The lowest BCUT2D eigenvalue weighted by atomic mass is 9.81. The highest BCUT2D eigenvalue weighted by Gasteiger charge is 2.58. The molecule has 10 nitrogen and oxygen atoms in total. The predicted octanol–water partition coefficient (Wildman–Crippen LogP) is 3.68. The fraction of sp³-hybridized carbons (Fsp3) is 0.727. The number of carbonyl (C=O) groups excluding carboxylic acids is 3. The van der Waals surface area contributed by atoms with Gasteiger partial charge in [-0.05, 0) is 70.4 Å². The lowest BCUT2D eigenvalue weighted by Gasteiger charge is -2.38. The number of hydrogen-bond acceptors (Lipinski definition) is 9. The number of ketones is 2. The van der Waals surface area contributed by atoms with Crippen LogP contribution in [0.15, 0.2) is 36.0 Å². The molecule has 4 rings (SSSR count). The summed E-state index contributed by atoms with van der Waals surface area (Å²) in [5.41, 5.74) is 0.333. The minimum absolute atomic E-state index is 0.00418. The monoisotopic (exact) mass is 603 g/mol. The molecule has 0 bridgehead atoms.